The van der Waals surface area contributed by atoms with E-state index in [1.54, 1.807) is 0 Å². The number of halogens is 1. The summed E-state index contributed by atoms with van der Waals surface area (Å²) in [6.45, 7) is 2.00. The molecule has 0 spiro atoms. The molecule has 0 saturated carbocycles. The molecule has 0 fully saturated rings. The van der Waals surface area contributed by atoms with Crippen LogP contribution in [0.3, 0.4) is 0 Å². The van der Waals surface area contributed by atoms with Crippen LogP contribution in [0.4, 0.5) is 5.69 Å². The first-order valence-corrected chi connectivity index (χ1v) is 13.2. The first-order chi connectivity index (χ1) is 14.1. The monoisotopic (exact) mass is 516 g/mol. The third kappa shape index (κ3) is 3.87. The van der Waals surface area contributed by atoms with Gasteiger partial charge < -0.3 is 14.2 Å². The van der Waals surface area contributed by atoms with Crippen molar-refractivity contribution in [1.29, 1.82) is 10.7 Å². The summed E-state index contributed by atoms with van der Waals surface area (Å²) in [5.41, 5.74) is 5.95. The summed E-state index contributed by atoms with van der Waals surface area (Å²) in [6, 6.07) is 11.9. The molecule has 1 aliphatic rings. The van der Waals surface area contributed by atoms with Crippen LogP contribution in [0.25, 0.3) is 0 Å². The lowest BCUT2D eigenvalue weighted by Crippen LogP contribution is -2.07. The Morgan fingerprint density at radius 3 is 3.00 bits per heavy atom. The van der Waals surface area contributed by atoms with Crippen molar-refractivity contribution in [3.63, 3.8) is 0 Å². The lowest BCUT2D eigenvalue weighted by molar-refractivity contribution is 0.207. The molecule has 29 heavy (non-hydrogen) atoms. The number of hydrogen-bond acceptors (Lipinski definition) is 6. The van der Waals surface area contributed by atoms with Gasteiger partial charge in [0, 0.05) is 17.6 Å². The highest BCUT2D eigenvalue weighted by atomic mass is 127. The Labute approximate surface area is 183 Å². The molecule has 0 bridgehead atoms. The van der Waals surface area contributed by atoms with Gasteiger partial charge in [-0.3, -0.25) is 5.41 Å². The fourth-order valence-corrected chi connectivity index (χ4v) is 4.88. The normalized spacial score (nSPS) is 15.3. The first kappa shape index (κ1) is 19.9. The Balaban J connectivity index is 1.64. The van der Waals surface area contributed by atoms with E-state index >= 15 is 0 Å². The Hall–Kier alpha value is -2.43. The number of fused-ring (bicyclic) bond motifs is 1. The van der Waals surface area contributed by atoms with Gasteiger partial charge in [0.05, 0.1) is 17.8 Å². The molecule has 2 unspecified atom stereocenters. The summed E-state index contributed by atoms with van der Waals surface area (Å²) in [6.07, 6.45) is 5.05. The highest BCUT2D eigenvalue weighted by Gasteiger charge is 2.27. The van der Waals surface area contributed by atoms with Crippen LogP contribution in [0, 0.1) is 23.7 Å². The largest absolute Gasteiger partial charge is 0.486 e. The molecule has 1 heterocycles. The SMILES string of the molecule is Cc1c(C#N)ccc2c1CCC2Oc1ccc(NPI)c(C(=N)c2cnco2)c1. The van der Waals surface area contributed by atoms with E-state index in [1.165, 1.54) is 18.2 Å². The molecule has 4 rings (SSSR count). The molecule has 2 aromatic carbocycles. The Kier molecular flexibility index (Phi) is 5.84. The summed E-state index contributed by atoms with van der Waals surface area (Å²) >= 11 is 2.26. The number of nitrogens with one attached hydrogen (secondary N) is 2. The Morgan fingerprint density at radius 2 is 2.28 bits per heavy atom. The number of nitrogens with zero attached hydrogens (tertiary/aromatic N) is 2. The molecule has 1 aromatic heterocycles. The maximum atomic E-state index is 9.26. The summed E-state index contributed by atoms with van der Waals surface area (Å²) in [4.78, 5) is 3.92. The highest BCUT2D eigenvalue weighted by Crippen LogP contribution is 2.39. The number of rotatable bonds is 6. The Bertz CT molecular complexity index is 1110. The van der Waals surface area contributed by atoms with Crippen molar-refractivity contribution in [2.45, 2.75) is 25.9 Å². The molecule has 3 aromatic rings. The average Bonchev–Trinajstić information content (AvgIpc) is 3.40. The van der Waals surface area contributed by atoms with Gasteiger partial charge in [0.2, 0.25) is 0 Å². The zero-order valence-electron chi connectivity index (χ0n) is 15.6. The zero-order chi connectivity index (χ0) is 20.4. The molecular formula is C21H18IN4O2P. The van der Waals surface area contributed by atoms with E-state index in [0.29, 0.717) is 23.4 Å². The molecule has 0 saturated heterocycles. The van der Waals surface area contributed by atoms with Crippen molar-refractivity contribution in [3.8, 4) is 11.8 Å². The number of benzene rings is 2. The van der Waals surface area contributed by atoms with Crippen LogP contribution in [-0.4, -0.2) is 10.7 Å². The summed E-state index contributed by atoms with van der Waals surface area (Å²) < 4.78 is 11.6. The highest BCUT2D eigenvalue weighted by molar-refractivity contribution is 14.2. The van der Waals surface area contributed by atoms with E-state index in [1.807, 2.05) is 37.3 Å². The van der Waals surface area contributed by atoms with E-state index in [2.05, 4.69) is 38.2 Å². The van der Waals surface area contributed by atoms with Crippen LogP contribution in [0.2, 0.25) is 0 Å². The molecule has 0 radical (unpaired) electrons. The number of oxazole rings is 1. The molecule has 1 aliphatic carbocycles. The van der Waals surface area contributed by atoms with E-state index in [4.69, 9.17) is 14.6 Å². The summed E-state index contributed by atoms with van der Waals surface area (Å²) in [7, 11) is 0. The van der Waals surface area contributed by atoms with E-state index in [9.17, 15) is 5.26 Å². The standard InChI is InChI=1S/C21H18IN4O2P/c1-12-13(9-23)2-4-16-15(12)5-7-19(16)28-14-3-6-18(26-29-22)17(8-14)21(24)20-10-25-11-27-20/h2-4,6,8,10-11,19,24,26,29H,5,7H2,1H3. The quantitative estimate of drug-likeness (QED) is 0.249. The summed E-state index contributed by atoms with van der Waals surface area (Å²) in [5, 5.41) is 21.1. The van der Waals surface area contributed by atoms with Crippen LogP contribution in [0.15, 0.2) is 47.3 Å². The molecular weight excluding hydrogens is 498 g/mol. The van der Waals surface area contributed by atoms with Crippen molar-refractivity contribution in [2.24, 2.45) is 0 Å². The van der Waals surface area contributed by atoms with Gasteiger partial charge in [-0.2, -0.15) is 5.26 Å². The fourth-order valence-electron chi connectivity index (χ4n) is 3.69. The number of ether oxygens (including phenoxy) is 1. The topological polar surface area (TPSA) is 94.9 Å². The van der Waals surface area contributed by atoms with E-state index < -0.39 is 0 Å². The molecule has 6 nitrogen and oxygen atoms in total. The molecule has 2 atom stereocenters. The first-order valence-electron chi connectivity index (χ1n) is 9.05. The van der Waals surface area contributed by atoms with Crippen molar-refractivity contribution in [1.82, 2.24) is 4.98 Å². The molecule has 0 aliphatic heterocycles. The number of aromatic nitrogens is 1. The molecule has 2 N–H and O–H groups in total. The maximum absolute atomic E-state index is 9.26. The van der Waals surface area contributed by atoms with Crippen molar-refractivity contribution in [2.75, 3.05) is 5.09 Å². The number of nitriles is 1. The predicted molar refractivity (Wildman–Crippen MR) is 122 cm³/mol. The van der Waals surface area contributed by atoms with Crippen LogP contribution >= 0.6 is 28.4 Å². The minimum Gasteiger partial charge on any atom is -0.486 e. The van der Waals surface area contributed by atoms with Crippen molar-refractivity contribution < 1.29 is 9.15 Å². The molecule has 8 heteroatoms. The van der Waals surface area contributed by atoms with E-state index in [0.717, 1.165) is 35.2 Å². The second-order valence-electron chi connectivity index (χ2n) is 6.73. The number of hydrogen-bond donors (Lipinski definition) is 2. The number of anilines is 1. The zero-order valence-corrected chi connectivity index (χ0v) is 18.8. The third-order valence-electron chi connectivity index (χ3n) is 5.16. The van der Waals surface area contributed by atoms with Gasteiger partial charge in [0.25, 0.3) is 0 Å². The van der Waals surface area contributed by atoms with Gasteiger partial charge in [-0.1, -0.05) is 6.07 Å². The Morgan fingerprint density at radius 1 is 1.41 bits per heavy atom. The minimum atomic E-state index is -0.0611. The molecule has 0 amide bonds. The third-order valence-corrected chi connectivity index (χ3v) is 6.33. The lowest BCUT2D eigenvalue weighted by atomic mass is 9.99. The van der Waals surface area contributed by atoms with Crippen molar-refractivity contribution in [3.05, 3.63) is 76.5 Å². The molecule has 146 valence electrons. The van der Waals surface area contributed by atoms with E-state index in [-0.39, 0.29) is 11.8 Å². The van der Waals surface area contributed by atoms with Crippen molar-refractivity contribution >= 4 is 39.8 Å². The second kappa shape index (κ2) is 8.52. The fraction of sp³-hybridized carbons (Fsp3) is 0.190. The smallest absolute Gasteiger partial charge is 0.181 e. The van der Waals surface area contributed by atoms with Gasteiger partial charge >= 0.3 is 0 Å². The van der Waals surface area contributed by atoms with Gasteiger partial charge in [-0.15, -0.1) is 0 Å². The van der Waals surface area contributed by atoms with Crippen LogP contribution < -0.4 is 9.82 Å². The van der Waals surface area contributed by atoms with Crippen LogP contribution in [-0.2, 0) is 6.42 Å². The second-order valence-corrected chi connectivity index (χ2v) is 8.79. The maximum Gasteiger partial charge on any atom is 0.181 e. The van der Waals surface area contributed by atoms with Crippen LogP contribution in [0.5, 0.6) is 5.75 Å². The van der Waals surface area contributed by atoms with Gasteiger partial charge in [-0.25, -0.2) is 4.98 Å². The average molecular weight is 516 g/mol. The minimum absolute atomic E-state index is 0.0611. The van der Waals surface area contributed by atoms with Gasteiger partial charge in [0.15, 0.2) is 12.2 Å². The summed E-state index contributed by atoms with van der Waals surface area (Å²) in [5.74, 6) is 1.11. The van der Waals surface area contributed by atoms with Crippen LogP contribution in [0.1, 0.15) is 46.1 Å². The predicted octanol–water partition coefficient (Wildman–Crippen LogP) is 5.69. The lowest BCUT2D eigenvalue weighted by Gasteiger charge is -2.18. The van der Waals surface area contributed by atoms with Gasteiger partial charge in [-0.05, 0) is 82.8 Å². The van der Waals surface area contributed by atoms with Gasteiger partial charge in [0.1, 0.15) is 17.6 Å².